The topological polar surface area (TPSA) is 79.8 Å². The first-order valence-electron chi connectivity index (χ1n) is 8.19. The van der Waals surface area contributed by atoms with E-state index in [0.29, 0.717) is 16.3 Å². The van der Waals surface area contributed by atoms with Gasteiger partial charge in [0.2, 0.25) is 0 Å². The van der Waals surface area contributed by atoms with E-state index in [1.165, 1.54) is 42.9 Å². The predicted octanol–water partition coefficient (Wildman–Crippen LogP) is 3.91. The van der Waals surface area contributed by atoms with Gasteiger partial charge in [-0.25, -0.2) is 9.82 Å². The summed E-state index contributed by atoms with van der Waals surface area (Å²) in [6.45, 7) is 0. The molecule has 0 bridgehead atoms. The van der Waals surface area contributed by atoms with E-state index in [1.807, 2.05) is 0 Å². The van der Waals surface area contributed by atoms with Gasteiger partial charge in [-0.2, -0.15) is 5.10 Å². The number of para-hydroxylation sites is 1. The first-order chi connectivity index (χ1) is 13.6. The summed E-state index contributed by atoms with van der Waals surface area (Å²) in [6, 6.07) is 14.2. The molecule has 8 heteroatoms. The van der Waals surface area contributed by atoms with Crippen molar-refractivity contribution in [2.24, 2.45) is 5.10 Å². The number of anilines is 1. The maximum atomic E-state index is 13.8. The molecule has 2 aromatic carbocycles. The highest BCUT2D eigenvalue weighted by atomic mass is 32.1. The van der Waals surface area contributed by atoms with E-state index in [-0.39, 0.29) is 17.0 Å². The highest BCUT2D eigenvalue weighted by Gasteiger charge is 2.14. The largest absolute Gasteiger partial charge is 0.497 e. The minimum atomic E-state index is -0.540. The van der Waals surface area contributed by atoms with Crippen LogP contribution in [0.15, 0.2) is 65.1 Å². The molecule has 3 rings (SSSR count). The highest BCUT2D eigenvalue weighted by Crippen LogP contribution is 2.18. The molecule has 0 spiro atoms. The Labute approximate surface area is 164 Å². The van der Waals surface area contributed by atoms with Crippen molar-refractivity contribution in [1.82, 2.24) is 5.43 Å². The van der Waals surface area contributed by atoms with Crippen molar-refractivity contribution in [1.29, 1.82) is 0 Å². The Morgan fingerprint density at radius 1 is 1.11 bits per heavy atom. The summed E-state index contributed by atoms with van der Waals surface area (Å²) >= 11 is 1.30. The van der Waals surface area contributed by atoms with E-state index in [1.54, 1.807) is 41.8 Å². The summed E-state index contributed by atoms with van der Waals surface area (Å²) in [5.41, 5.74) is 3.08. The number of hydrogen-bond acceptors (Lipinski definition) is 5. The average molecular weight is 397 g/mol. The number of rotatable bonds is 6. The van der Waals surface area contributed by atoms with Crippen LogP contribution in [-0.2, 0) is 0 Å². The molecule has 0 aliphatic heterocycles. The number of ether oxygens (including phenoxy) is 1. The van der Waals surface area contributed by atoms with E-state index in [9.17, 15) is 14.0 Å². The second-order valence-corrected chi connectivity index (χ2v) is 6.51. The maximum Gasteiger partial charge on any atom is 0.273 e. The second kappa shape index (κ2) is 8.92. The van der Waals surface area contributed by atoms with Crippen LogP contribution >= 0.6 is 11.3 Å². The zero-order valence-corrected chi connectivity index (χ0v) is 15.6. The number of thiophene rings is 1. The molecule has 3 aromatic rings. The summed E-state index contributed by atoms with van der Waals surface area (Å²) in [6.07, 6.45) is 1.18. The second-order valence-electron chi connectivity index (χ2n) is 5.56. The lowest BCUT2D eigenvalue weighted by Gasteiger charge is -2.09. The Morgan fingerprint density at radius 2 is 1.93 bits per heavy atom. The maximum absolute atomic E-state index is 13.8. The zero-order chi connectivity index (χ0) is 19.9. The van der Waals surface area contributed by atoms with Gasteiger partial charge in [0.15, 0.2) is 0 Å². The number of hydrogen-bond donors (Lipinski definition) is 2. The lowest BCUT2D eigenvalue weighted by atomic mass is 10.1. The van der Waals surface area contributed by atoms with E-state index in [0.717, 1.165) is 0 Å². The van der Waals surface area contributed by atoms with Crippen LogP contribution in [0.5, 0.6) is 5.75 Å². The monoisotopic (exact) mass is 397 g/mol. The van der Waals surface area contributed by atoms with E-state index >= 15 is 0 Å². The van der Waals surface area contributed by atoms with Crippen molar-refractivity contribution in [3.05, 3.63) is 81.8 Å². The highest BCUT2D eigenvalue weighted by molar-refractivity contribution is 7.12. The van der Waals surface area contributed by atoms with Crippen LogP contribution < -0.4 is 15.5 Å². The third kappa shape index (κ3) is 4.60. The van der Waals surface area contributed by atoms with Crippen LogP contribution in [0, 0.1) is 5.82 Å². The number of nitrogens with one attached hydrogen (secondary N) is 2. The summed E-state index contributed by atoms with van der Waals surface area (Å²) in [5.74, 6) is -0.878. The van der Waals surface area contributed by atoms with Crippen LogP contribution in [0.25, 0.3) is 0 Å². The minimum absolute atomic E-state index is 0.166. The predicted molar refractivity (Wildman–Crippen MR) is 107 cm³/mol. The zero-order valence-electron chi connectivity index (χ0n) is 14.8. The van der Waals surface area contributed by atoms with Crippen LogP contribution in [0.2, 0.25) is 0 Å². The molecule has 0 atom stereocenters. The van der Waals surface area contributed by atoms with Crippen molar-refractivity contribution in [2.45, 2.75) is 0 Å². The van der Waals surface area contributed by atoms with Gasteiger partial charge in [0.25, 0.3) is 11.8 Å². The van der Waals surface area contributed by atoms with Gasteiger partial charge < -0.3 is 10.1 Å². The summed E-state index contributed by atoms with van der Waals surface area (Å²) in [7, 11) is 1.47. The SMILES string of the molecule is COc1ccc(F)c(C=NNC(=O)c2ccccc2NC(=O)c2cccs2)c1. The molecular weight excluding hydrogens is 381 g/mol. The number of carbonyl (C=O) groups is 2. The van der Waals surface area contributed by atoms with Gasteiger partial charge in [0.1, 0.15) is 11.6 Å². The fraction of sp³-hybridized carbons (Fsp3) is 0.0500. The molecule has 0 unspecified atom stereocenters. The van der Waals surface area contributed by atoms with Gasteiger partial charge in [-0.3, -0.25) is 9.59 Å². The summed E-state index contributed by atoms with van der Waals surface area (Å²) < 4.78 is 18.8. The molecule has 0 aliphatic carbocycles. The molecule has 2 N–H and O–H groups in total. The summed E-state index contributed by atoms with van der Waals surface area (Å²) in [4.78, 5) is 25.2. The number of hydrazone groups is 1. The molecule has 0 saturated carbocycles. The van der Waals surface area contributed by atoms with Crippen molar-refractivity contribution < 1.29 is 18.7 Å². The summed E-state index contributed by atoms with van der Waals surface area (Å²) in [5, 5.41) is 8.29. The Hall–Kier alpha value is -3.52. The lowest BCUT2D eigenvalue weighted by molar-refractivity contribution is 0.0956. The van der Waals surface area contributed by atoms with Crippen LogP contribution in [0.4, 0.5) is 10.1 Å². The van der Waals surface area contributed by atoms with Crippen LogP contribution in [0.1, 0.15) is 25.6 Å². The molecule has 2 amide bonds. The third-order valence-electron chi connectivity index (χ3n) is 3.74. The molecule has 0 radical (unpaired) electrons. The molecule has 142 valence electrons. The molecule has 1 aromatic heterocycles. The Balaban J connectivity index is 1.72. The van der Waals surface area contributed by atoms with E-state index in [2.05, 4.69) is 15.8 Å². The first-order valence-corrected chi connectivity index (χ1v) is 9.07. The Morgan fingerprint density at radius 3 is 2.68 bits per heavy atom. The normalized spacial score (nSPS) is 10.6. The molecule has 28 heavy (non-hydrogen) atoms. The molecule has 6 nitrogen and oxygen atoms in total. The number of methoxy groups -OCH3 is 1. The standard InChI is InChI=1S/C20H16FN3O3S/c1-27-14-8-9-16(21)13(11-14)12-22-24-19(25)15-5-2-3-6-17(15)23-20(26)18-7-4-10-28-18/h2-12H,1H3,(H,23,26)(H,24,25). The molecule has 0 saturated heterocycles. The number of nitrogens with zero attached hydrogens (tertiary/aromatic N) is 1. The van der Waals surface area contributed by atoms with E-state index < -0.39 is 11.7 Å². The number of benzene rings is 2. The Bertz CT molecular complexity index is 1020. The van der Waals surface area contributed by atoms with Gasteiger partial charge >= 0.3 is 0 Å². The van der Waals surface area contributed by atoms with Gasteiger partial charge in [0, 0.05) is 5.56 Å². The molecule has 1 heterocycles. The van der Waals surface area contributed by atoms with Gasteiger partial charge in [-0.1, -0.05) is 18.2 Å². The Kier molecular flexibility index (Phi) is 6.13. The van der Waals surface area contributed by atoms with Crippen LogP contribution in [-0.4, -0.2) is 25.1 Å². The number of amides is 2. The molecular formula is C20H16FN3O3S. The number of halogens is 1. The quantitative estimate of drug-likeness (QED) is 0.489. The van der Waals surface area contributed by atoms with E-state index in [4.69, 9.17) is 4.74 Å². The average Bonchev–Trinajstić information content (AvgIpc) is 3.25. The fourth-order valence-electron chi connectivity index (χ4n) is 2.35. The van der Waals surface area contributed by atoms with Crippen molar-refractivity contribution in [3.8, 4) is 5.75 Å². The fourth-order valence-corrected chi connectivity index (χ4v) is 2.97. The van der Waals surface area contributed by atoms with Gasteiger partial charge in [-0.05, 0) is 41.8 Å². The first kappa shape index (κ1) is 19.2. The molecule has 0 fully saturated rings. The van der Waals surface area contributed by atoms with Gasteiger partial charge in [0.05, 0.1) is 29.5 Å². The van der Waals surface area contributed by atoms with Crippen LogP contribution in [0.3, 0.4) is 0 Å². The van der Waals surface area contributed by atoms with Gasteiger partial charge in [-0.15, -0.1) is 11.3 Å². The smallest absolute Gasteiger partial charge is 0.273 e. The van der Waals surface area contributed by atoms with Crippen molar-refractivity contribution in [2.75, 3.05) is 12.4 Å². The third-order valence-corrected chi connectivity index (χ3v) is 4.61. The van der Waals surface area contributed by atoms with Crippen molar-refractivity contribution >= 4 is 35.1 Å². The minimum Gasteiger partial charge on any atom is -0.497 e. The molecule has 0 aliphatic rings. The van der Waals surface area contributed by atoms with Crippen molar-refractivity contribution in [3.63, 3.8) is 0 Å². The number of carbonyl (C=O) groups excluding carboxylic acids is 2. The lowest BCUT2D eigenvalue weighted by Crippen LogP contribution is -2.21.